The smallest absolute Gasteiger partial charge is 0.0485 e. The second-order valence-electron chi connectivity index (χ2n) is 3.63. The molecule has 2 aromatic rings. The van der Waals surface area contributed by atoms with Gasteiger partial charge in [0.05, 0.1) is 0 Å². The molecule has 0 radical (unpaired) electrons. The van der Waals surface area contributed by atoms with E-state index in [9.17, 15) is 0 Å². The zero-order valence-electron chi connectivity index (χ0n) is 8.88. The van der Waals surface area contributed by atoms with Gasteiger partial charge < -0.3 is 5.73 Å². The van der Waals surface area contributed by atoms with Crippen LogP contribution in [0.15, 0.2) is 36.4 Å². The summed E-state index contributed by atoms with van der Waals surface area (Å²) < 4.78 is 0. The van der Waals surface area contributed by atoms with E-state index in [1.807, 2.05) is 24.3 Å². The summed E-state index contributed by atoms with van der Waals surface area (Å²) in [4.78, 5) is 0. The summed E-state index contributed by atoms with van der Waals surface area (Å²) in [7, 11) is 0. The number of nitrogens with two attached hydrogens (primary N) is 1. The minimum Gasteiger partial charge on any atom is -0.326 e. The first kappa shape index (κ1) is 12.7. The number of halogens is 3. The lowest BCUT2D eigenvalue weighted by Gasteiger charge is -2.08. The first-order chi connectivity index (χ1) is 8.11. The van der Waals surface area contributed by atoms with Gasteiger partial charge in [0.1, 0.15) is 0 Å². The van der Waals surface area contributed by atoms with E-state index < -0.39 is 0 Å². The molecule has 0 amide bonds. The third-order valence-electron chi connectivity index (χ3n) is 2.51. The third-order valence-corrected chi connectivity index (χ3v) is 3.43. The molecule has 17 heavy (non-hydrogen) atoms. The van der Waals surface area contributed by atoms with Gasteiger partial charge in [-0.05, 0) is 35.4 Å². The summed E-state index contributed by atoms with van der Waals surface area (Å²) >= 11 is 18.2. The molecule has 0 saturated carbocycles. The molecule has 88 valence electrons. The van der Waals surface area contributed by atoms with E-state index in [1.54, 1.807) is 12.1 Å². The molecule has 0 aliphatic rings. The molecule has 0 fully saturated rings. The van der Waals surface area contributed by atoms with Gasteiger partial charge in [-0.3, -0.25) is 0 Å². The van der Waals surface area contributed by atoms with Crippen molar-refractivity contribution in [3.8, 4) is 11.1 Å². The maximum Gasteiger partial charge on any atom is 0.0485 e. The van der Waals surface area contributed by atoms with Gasteiger partial charge >= 0.3 is 0 Å². The van der Waals surface area contributed by atoms with Crippen molar-refractivity contribution in [3.63, 3.8) is 0 Å². The number of rotatable bonds is 2. The van der Waals surface area contributed by atoms with Crippen LogP contribution in [0.1, 0.15) is 5.56 Å². The molecule has 0 spiro atoms. The number of benzene rings is 2. The second kappa shape index (κ2) is 5.28. The van der Waals surface area contributed by atoms with Gasteiger partial charge in [-0.1, -0.05) is 46.9 Å². The Bertz CT molecular complexity index is 552. The Kier molecular flexibility index (Phi) is 3.95. The predicted octanol–water partition coefficient (Wildman–Crippen LogP) is 4.77. The van der Waals surface area contributed by atoms with Crippen LogP contribution in [-0.4, -0.2) is 0 Å². The van der Waals surface area contributed by atoms with Crippen molar-refractivity contribution in [1.82, 2.24) is 0 Å². The van der Waals surface area contributed by atoms with Crippen LogP contribution in [0.4, 0.5) is 0 Å². The Hall–Kier alpha value is -0.730. The van der Waals surface area contributed by atoms with Crippen LogP contribution in [0.25, 0.3) is 11.1 Å². The minimum absolute atomic E-state index is 0.419. The van der Waals surface area contributed by atoms with Crippen molar-refractivity contribution in [3.05, 3.63) is 57.0 Å². The van der Waals surface area contributed by atoms with Gasteiger partial charge in [0.15, 0.2) is 0 Å². The monoisotopic (exact) mass is 285 g/mol. The zero-order valence-corrected chi connectivity index (χ0v) is 11.2. The van der Waals surface area contributed by atoms with Gasteiger partial charge in [-0.25, -0.2) is 0 Å². The normalized spacial score (nSPS) is 10.6. The van der Waals surface area contributed by atoms with E-state index in [2.05, 4.69) is 0 Å². The predicted molar refractivity (Wildman–Crippen MR) is 74.8 cm³/mol. The molecule has 2 aromatic carbocycles. The SMILES string of the molecule is NCc1ccc(-c2cc(Cl)ccc2Cl)cc1Cl. The van der Waals surface area contributed by atoms with Crippen molar-refractivity contribution in [2.75, 3.05) is 0 Å². The van der Waals surface area contributed by atoms with Crippen LogP contribution in [0.3, 0.4) is 0 Å². The van der Waals surface area contributed by atoms with E-state index in [0.29, 0.717) is 21.6 Å². The molecule has 0 aromatic heterocycles. The van der Waals surface area contributed by atoms with Gasteiger partial charge in [-0.2, -0.15) is 0 Å². The van der Waals surface area contributed by atoms with Crippen LogP contribution in [0.5, 0.6) is 0 Å². The first-order valence-corrected chi connectivity index (χ1v) is 6.19. The van der Waals surface area contributed by atoms with Crippen molar-refractivity contribution < 1.29 is 0 Å². The van der Waals surface area contributed by atoms with Crippen molar-refractivity contribution in [1.29, 1.82) is 0 Å². The highest BCUT2D eigenvalue weighted by molar-refractivity contribution is 6.35. The van der Waals surface area contributed by atoms with Crippen LogP contribution >= 0.6 is 34.8 Å². The van der Waals surface area contributed by atoms with Crippen molar-refractivity contribution in [2.45, 2.75) is 6.54 Å². The fourth-order valence-corrected chi connectivity index (χ4v) is 2.26. The second-order valence-corrected chi connectivity index (χ2v) is 4.89. The number of hydrogen-bond acceptors (Lipinski definition) is 1. The van der Waals surface area contributed by atoms with E-state index in [-0.39, 0.29) is 0 Å². The largest absolute Gasteiger partial charge is 0.326 e. The maximum absolute atomic E-state index is 6.13. The highest BCUT2D eigenvalue weighted by Crippen LogP contribution is 2.32. The molecular formula is C13H10Cl3N. The van der Waals surface area contributed by atoms with Crippen LogP contribution in [0.2, 0.25) is 15.1 Å². The Labute approximate surface area is 115 Å². The molecule has 0 aliphatic heterocycles. The molecule has 0 saturated heterocycles. The maximum atomic E-state index is 6.13. The summed E-state index contributed by atoms with van der Waals surface area (Å²) in [6.07, 6.45) is 0. The Morgan fingerprint density at radius 3 is 2.29 bits per heavy atom. The molecule has 4 heteroatoms. The first-order valence-electron chi connectivity index (χ1n) is 5.05. The Morgan fingerprint density at radius 1 is 0.882 bits per heavy atom. The Morgan fingerprint density at radius 2 is 1.65 bits per heavy atom. The summed E-state index contributed by atoms with van der Waals surface area (Å²) in [5.74, 6) is 0. The highest BCUT2D eigenvalue weighted by atomic mass is 35.5. The molecular weight excluding hydrogens is 277 g/mol. The van der Waals surface area contributed by atoms with Crippen LogP contribution in [0, 0.1) is 0 Å². The van der Waals surface area contributed by atoms with Crippen molar-refractivity contribution in [2.24, 2.45) is 5.73 Å². The zero-order chi connectivity index (χ0) is 12.4. The summed E-state index contributed by atoms with van der Waals surface area (Å²) in [6, 6.07) is 11.0. The molecule has 0 unspecified atom stereocenters. The fraction of sp³-hybridized carbons (Fsp3) is 0.0769. The summed E-state index contributed by atoms with van der Waals surface area (Å²) in [5.41, 5.74) is 8.27. The molecule has 0 aliphatic carbocycles. The van der Waals surface area contributed by atoms with Gasteiger partial charge in [0, 0.05) is 27.2 Å². The standard InChI is InChI=1S/C13H10Cl3N/c14-10-3-4-12(15)11(6-10)8-1-2-9(7-17)13(16)5-8/h1-6H,7,17H2. The van der Waals surface area contributed by atoms with Crippen molar-refractivity contribution >= 4 is 34.8 Å². The molecule has 2 N–H and O–H groups in total. The lowest BCUT2D eigenvalue weighted by atomic mass is 10.0. The lowest BCUT2D eigenvalue weighted by molar-refractivity contribution is 1.07. The minimum atomic E-state index is 0.419. The molecule has 0 heterocycles. The lowest BCUT2D eigenvalue weighted by Crippen LogP contribution is -1.96. The highest BCUT2D eigenvalue weighted by Gasteiger charge is 2.07. The summed E-state index contributed by atoms with van der Waals surface area (Å²) in [5, 5.41) is 1.93. The molecule has 2 rings (SSSR count). The molecule has 1 nitrogen and oxygen atoms in total. The average Bonchev–Trinajstić information content (AvgIpc) is 2.32. The van der Waals surface area contributed by atoms with Gasteiger partial charge in [0.25, 0.3) is 0 Å². The molecule has 0 atom stereocenters. The topological polar surface area (TPSA) is 26.0 Å². The van der Waals surface area contributed by atoms with E-state index in [1.165, 1.54) is 0 Å². The third kappa shape index (κ3) is 2.75. The number of hydrogen-bond donors (Lipinski definition) is 1. The van der Waals surface area contributed by atoms with Crippen LogP contribution < -0.4 is 5.73 Å². The van der Waals surface area contributed by atoms with E-state index in [4.69, 9.17) is 40.5 Å². The van der Waals surface area contributed by atoms with Crippen LogP contribution in [-0.2, 0) is 6.54 Å². The Balaban J connectivity index is 2.53. The van der Waals surface area contributed by atoms with E-state index >= 15 is 0 Å². The van der Waals surface area contributed by atoms with Gasteiger partial charge in [-0.15, -0.1) is 0 Å². The molecule has 0 bridgehead atoms. The fourth-order valence-electron chi connectivity index (χ4n) is 1.60. The van der Waals surface area contributed by atoms with Gasteiger partial charge in [0.2, 0.25) is 0 Å². The summed E-state index contributed by atoms with van der Waals surface area (Å²) in [6.45, 7) is 0.419. The quantitative estimate of drug-likeness (QED) is 0.845. The average molecular weight is 287 g/mol. The van der Waals surface area contributed by atoms with E-state index in [0.717, 1.165) is 16.7 Å².